The number of hydrogen-bond acceptors (Lipinski definition) is 6. The van der Waals surface area contributed by atoms with Crippen molar-refractivity contribution in [2.45, 2.75) is 26.4 Å². The summed E-state index contributed by atoms with van der Waals surface area (Å²) >= 11 is 6.41. The Morgan fingerprint density at radius 1 is 1.23 bits per heavy atom. The van der Waals surface area contributed by atoms with E-state index in [1.54, 1.807) is 43.5 Å². The quantitative estimate of drug-likeness (QED) is 0.506. The summed E-state index contributed by atoms with van der Waals surface area (Å²) in [5, 5.41) is 1.10. The van der Waals surface area contributed by atoms with Crippen molar-refractivity contribution in [3.05, 3.63) is 64.6 Å². The van der Waals surface area contributed by atoms with E-state index in [1.165, 1.54) is 0 Å². The number of hydrazine groups is 1. The van der Waals surface area contributed by atoms with Crippen molar-refractivity contribution in [3.63, 3.8) is 0 Å². The molecule has 0 spiro atoms. The van der Waals surface area contributed by atoms with Crippen molar-refractivity contribution < 1.29 is 19.1 Å². The second-order valence-electron chi connectivity index (χ2n) is 6.57. The van der Waals surface area contributed by atoms with Crippen LogP contribution in [0.25, 0.3) is 6.08 Å². The van der Waals surface area contributed by atoms with Crippen LogP contribution in [-0.2, 0) is 4.79 Å². The lowest BCUT2D eigenvalue weighted by Gasteiger charge is -2.16. The van der Waals surface area contributed by atoms with Gasteiger partial charge in [0.25, 0.3) is 11.8 Å². The highest BCUT2D eigenvalue weighted by atomic mass is 32.2. The number of nitrogens with zero attached hydrogens (tertiary/aromatic N) is 1. The number of rotatable bonds is 7. The zero-order chi connectivity index (χ0) is 21.7. The minimum absolute atomic E-state index is 0.0641. The van der Waals surface area contributed by atoms with Crippen LogP contribution in [0, 0.1) is 0 Å². The van der Waals surface area contributed by atoms with E-state index in [2.05, 4.69) is 5.43 Å². The Morgan fingerprint density at radius 2 is 1.97 bits per heavy atom. The Kier molecular flexibility index (Phi) is 7.12. The summed E-state index contributed by atoms with van der Waals surface area (Å²) in [5.74, 6) is 0.443. The summed E-state index contributed by atoms with van der Waals surface area (Å²) < 4.78 is 11.5. The van der Waals surface area contributed by atoms with E-state index in [4.69, 9.17) is 21.7 Å². The molecule has 1 saturated heterocycles. The van der Waals surface area contributed by atoms with E-state index in [1.807, 2.05) is 32.0 Å². The van der Waals surface area contributed by atoms with Crippen LogP contribution in [0.4, 0.5) is 0 Å². The lowest BCUT2D eigenvalue weighted by molar-refractivity contribution is -0.123. The van der Waals surface area contributed by atoms with E-state index in [0.29, 0.717) is 22.0 Å². The molecule has 1 unspecified atom stereocenters. The van der Waals surface area contributed by atoms with Gasteiger partial charge in [-0.05, 0) is 61.5 Å². The third-order valence-corrected chi connectivity index (χ3v) is 5.73. The van der Waals surface area contributed by atoms with Crippen LogP contribution in [0.1, 0.15) is 36.2 Å². The Balaban J connectivity index is 1.77. The molecule has 2 amide bonds. The van der Waals surface area contributed by atoms with Crippen LogP contribution in [0.2, 0.25) is 0 Å². The molecule has 1 N–H and O–H groups in total. The maximum absolute atomic E-state index is 12.8. The first-order valence-electron chi connectivity index (χ1n) is 9.41. The summed E-state index contributed by atoms with van der Waals surface area (Å²) in [6.07, 6.45) is 2.65. The highest BCUT2D eigenvalue weighted by Gasteiger charge is 2.33. The number of hydrogen-bond donors (Lipinski definition) is 1. The van der Waals surface area contributed by atoms with Gasteiger partial charge >= 0.3 is 0 Å². The second kappa shape index (κ2) is 9.77. The first kappa shape index (κ1) is 21.9. The maximum atomic E-state index is 12.8. The normalized spacial score (nSPS) is 16.0. The maximum Gasteiger partial charge on any atom is 0.285 e. The molecule has 0 aliphatic carbocycles. The lowest BCUT2D eigenvalue weighted by Crippen LogP contribution is -2.44. The minimum Gasteiger partial charge on any atom is -0.493 e. The van der Waals surface area contributed by atoms with Gasteiger partial charge in [-0.1, -0.05) is 43.0 Å². The van der Waals surface area contributed by atoms with Crippen LogP contribution in [0.15, 0.2) is 53.4 Å². The third kappa shape index (κ3) is 5.01. The number of benzene rings is 2. The lowest BCUT2D eigenvalue weighted by atomic mass is 10.1. The van der Waals surface area contributed by atoms with Crippen molar-refractivity contribution in [3.8, 4) is 11.5 Å². The van der Waals surface area contributed by atoms with E-state index < -0.39 is 5.91 Å². The number of amides is 2. The van der Waals surface area contributed by atoms with Crippen molar-refractivity contribution in [2.24, 2.45) is 0 Å². The Hall–Kier alpha value is -2.84. The molecule has 1 fully saturated rings. The van der Waals surface area contributed by atoms with Gasteiger partial charge in [0.2, 0.25) is 0 Å². The van der Waals surface area contributed by atoms with Gasteiger partial charge in [0, 0.05) is 5.56 Å². The molecule has 1 heterocycles. The van der Waals surface area contributed by atoms with Crippen LogP contribution < -0.4 is 14.9 Å². The molecule has 2 aromatic rings. The monoisotopic (exact) mass is 442 g/mol. The molecule has 6 nitrogen and oxygen atoms in total. The van der Waals surface area contributed by atoms with Gasteiger partial charge in [-0.25, -0.2) is 0 Å². The molecule has 8 heteroatoms. The average Bonchev–Trinajstić information content (AvgIpc) is 3.02. The Bertz CT molecular complexity index is 992. The molecule has 0 bridgehead atoms. The number of carbonyl (C=O) groups is 2. The first-order valence-corrected chi connectivity index (χ1v) is 10.6. The average molecular weight is 443 g/mol. The SMILES string of the molecule is CCC(C)Oc1ccc(/C=C2\SC(=S)N(NC(=O)c3ccccc3)C2=O)cc1OC. The number of ether oxygens (including phenoxy) is 2. The topological polar surface area (TPSA) is 67.9 Å². The Morgan fingerprint density at radius 3 is 2.63 bits per heavy atom. The molecule has 2 aromatic carbocycles. The smallest absolute Gasteiger partial charge is 0.285 e. The number of thiocarbonyl (C=S) groups is 1. The summed E-state index contributed by atoms with van der Waals surface area (Å²) in [4.78, 5) is 25.5. The number of carbonyl (C=O) groups excluding carboxylic acids is 2. The first-order chi connectivity index (χ1) is 14.4. The molecular weight excluding hydrogens is 420 g/mol. The zero-order valence-electron chi connectivity index (χ0n) is 16.9. The summed E-state index contributed by atoms with van der Waals surface area (Å²) in [5.41, 5.74) is 3.77. The number of thioether (sulfide) groups is 1. The van der Waals surface area contributed by atoms with Crippen LogP contribution in [-0.4, -0.2) is 34.4 Å². The zero-order valence-corrected chi connectivity index (χ0v) is 18.5. The summed E-state index contributed by atoms with van der Waals surface area (Å²) in [6.45, 7) is 4.03. The van der Waals surface area contributed by atoms with Crippen molar-refractivity contribution in [1.29, 1.82) is 0 Å². The molecule has 1 aliphatic heterocycles. The molecular formula is C22H22N2O4S2. The molecule has 30 heavy (non-hydrogen) atoms. The molecule has 1 aliphatic rings. The molecule has 1 atom stereocenters. The predicted octanol–water partition coefficient (Wildman–Crippen LogP) is 4.42. The third-order valence-electron chi connectivity index (χ3n) is 4.43. The van der Waals surface area contributed by atoms with Gasteiger partial charge < -0.3 is 9.47 Å². The highest BCUT2D eigenvalue weighted by molar-refractivity contribution is 8.26. The van der Waals surface area contributed by atoms with Gasteiger partial charge in [-0.15, -0.1) is 0 Å². The fourth-order valence-corrected chi connectivity index (χ4v) is 3.82. The van der Waals surface area contributed by atoms with Crippen LogP contribution in [0.3, 0.4) is 0 Å². The van der Waals surface area contributed by atoms with E-state index >= 15 is 0 Å². The van der Waals surface area contributed by atoms with Crippen molar-refractivity contribution in [2.75, 3.05) is 7.11 Å². The highest BCUT2D eigenvalue weighted by Crippen LogP contribution is 2.34. The molecule has 156 valence electrons. The standard InChI is InChI=1S/C22H22N2O4S2/c1-4-14(2)28-17-11-10-15(12-18(17)27-3)13-19-21(26)24(22(29)30-19)23-20(25)16-8-6-5-7-9-16/h5-14H,4H2,1-3H3,(H,23,25)/b19-13-. The van der Waals surface area contributed by atoms with Crippen molar-refractivity contribution in [1.82, 2.24) is 10.4 Å². The van der Waals surface area contributed by atoms with Gasteiger partial charge in [-0.2, -0.15) is 5.01 Å². The number of nitrogens with one attached hydrogen (secondary N) is 1. The fraction of sp³-hybridized carbons (Fsp3) is 0.227. The van der Waals surface area contributed by atoms with Gasteiger partial charge in [0.15, 0.2) is 15.8 Å². The van der Waals surface area contributed by atoms with E-state index in [9.17, 15) is 9.59 Å². The fourth-order valence-electron chi connectivity index (χ4n) is 2.64. The van der Waals surface area contributed by atoms with E-state index in [-0.39, 0.29) is 16.3 Å². The van der Waals surface area contributed by atoms with Gasteiger partial charge in [0.1, 0.15) is 0 Å². The van der Waals surface area contributed by atoms with Gasteiger partial charge in [-0.3, -0.25) is 15.0 Å². The molecule has 0 radical (unpaired) electrons. The van der Waals surface area contributed by atoms with Gasteiger partial charge in [0.05, 0.1) is 18.1 Å². The molecule has 0 saturated carbocycles. The van der Waals surface area contributed by atoms with E-state index in [0.717, 1.165) is 28.8 Å². The number of methoxy groups -OCH3 is 1. The molecule has 3 rings (SSSR count). The Labute approximate surface area is 185 Å². The largest absolute Gasteiger partial charge is 0.493 e. The van der Waals surface area contributed by atoms with Crippen LogP contribution >= 0.6 is 24.0 Å². The summed E-state index contributed by atoms with van der Waals surface area (Å²) in [7, 11) is 1.57. The predicted molar refractivity (Wildman–Crippen MR) is 122 cm³/mol. The summed E-state index contributed by atoms with van der Waals surface area (Å²) in [6, 6.07) is 14.1. The second-order valence-corrected chi connectivity index (χ2v) is 8.25. The van der Waals surface area contributed by atoms with Crippen molar-refractivity contribution >= 4 is 46.2 Å². The van der Waals surface area contributed by atoms with Crippen LogP contribution in [0.5, 0.6) is 11.5 Å². The molecule has 0 aromatic heterocycles. The minimum atomic E-state index is -0.402.